The number of methoxy groups -OCH3 is 1. The summed E-state index contributed by atoms with van der Waals surface area (Å²) in [4.78, 5) is 29.9. The van der Waals surface area contributed by atoms with Crippen LogP contribution in [-0.2, 0) is 23.2 Å². The summed E-state index contributed by atoms with van der Waals surface area (Å²) in [6, 6.07) is 15.4. The molecule has 0 spiro atoms. The average molecular weight is 616 g/mol. The highest BCUT2D eigenvalue weighted by atomic mass is 35.5. The van der Waals surface area contributed by atoms with E-state index in [4.69, 9.17) is 16.3 Å². The zero-order chi connectivity index (χ0) is 30.0. The van der Waals surface area contributed by atoms with Crippen LogP contribution in [0.1, 0.15) is 35.9 Å². The molecule has 0 radical (unpaired) electrons. The molecule has 9 nitrogen and oxygen atoms in total. The molecule has 1 aromatic heterocycles. The fraction of sp³-hybridized carbons (Fsp3) is 0.433. The molecule has 12 heteroatoms. The fourth-order valence-electron chi connectivity index (χ4n) is 6.04. The number of benzene rings is 2. The van der Waals surface area contributed by atoms with Crippen molar-refractivity contribution in [3.63, 3.8) is 0 Å². The summed E-state index contributed by atoms with van der Waals surface area (Å²) in [7, 11) is 3.06. The Kier molecular flexibility index (Phi) is 9.41. The zero-order valence-corrected chi connectivity index (χ0v) is 25.5. The Labute approximate surface area is 253 Å². The number of amides is 1. The van der Waals surface area contributed by atoms with E-state index in [0.29, 0.717) is 61.3 Å². The lowest BCUT2D eigenvalue weighted by Gasteiger charge is -2.36. The van der Waals surface area contributed by atoms with Crippen LogP contribution in [0.3, 0.4) is 0 Å². The molecule has 0 N–H and O–H groups in total. The monoisotopic (exact) mass is 615 g/mol. The molecule has 2 unspecified atom stereocenters. The topological polar surface area (TPSA) is 94.0 Å². The van der Waals surface area contributed by atoms with Crippen LogP contribution in [0.15, 0.2) is 59.4 Å². The van der Waals surface area contributed by atoms with Crippen LogP contribution in [0, 0.1) is 11.7 Å². The second-order valence-corrected chi connectivity index (χ2v) is 12.5. The first kappa shape index (κ1) is 30.3. The first-order valence-corrected chi connectivity index (χ1v) is 15.8. The van der Waals surface area contributed by atoms with Gasteiger partial charge < -0.3 is 19.1 Å². The van der Waals surface area contributed by atoms with Crippen molar-refractivity contribution in [2.24, 2.45) is 13.0 Å². The molecular weight excluding hydrogens is 581 g/mol. The first-order valence-electron chi connectivity index (χ1n) is 13.9. The molecule has 3 aromatic rings. The summed E-state index contributed by atoms with van der Waals surface area (Å²) in [6.07, 6.45) is 3.10. The third-order valence-electron chi connectivity index (χ3n) is 8.25. The van der Waals surface area contributed by atoms with E-state index in [9.17, 15) is 14.1 Å². The van der Waals surface area contributed by atoms with E-state index >= 15 is 4.39 Å². The lowest BCUT2D eigenvalue weighted by Crippen LogP contribution is -2.47. The molecule has 2 aromatic carbocycles. The van der Waals surface area contributed by atoms with Crippen LogP contribution in [0.5, 0.6) is 5.75 Å². The molecule has 3 heterocycles. The Morgan fingerprint density at radius 1 is 1.10 bits per heavy atom. The molecule has 0 bridgehead atoms. The molecule has 0 aliphatic carbocycles. The Bertz CT molecular complexity index is 1470. The number of hydrogen-bond donors (Lipinski definition) is 0. The third kappa shape index (κ3) is 6.44. The minimum absolute atomic E-state index is 0.0516. The summed E-state index contributed by atoms with van der Waals surface area (Å²) in [5.41, 5.74) is 1.24. The van der Waals surface area contributed by atoms with Gasteiger partial charge in [0, 0.05) is 67.7 Å². The number of nitrogens with zero attached hydrogens (tertiary/aromatic N) is 5. The zero-order valence-electron chi connectivity index (χ0n) is 23.9. The van der Waals surface area contributed by atoms with Gasteiger partial charge in [0.15, 0.2) is 0 Å². The summed E-state index contributed by atoms with van der Waals surface area (Å²) < 4.78 is 36.6. The summed E-state index contributed by atoms with van der Waals surface area (Å²) >= 11 is 4.84. The maximum absolute atomic E-state index is 15.4. The fourth-order valence-corrected chi connectivity index (χ4v) is 7.09. The van der Waals surface area contributed by atoms with Gasteiger partial charge in [-0.1, -0.05) is 29.8 Å². The number of ether oxygens (including phenoxy) is 1. The molecule has 224 valence electrons. The van der Waals surface area contributed by atoms with Crippen LogP contribution in [-0.4, -0.2) is 75.5 Å². The number of rotatable bonds is 6. The van der Waals surface area contributed by atoms with Crippen molar-refractivity contribution < 1.29 is 18.5 Å². The van der Waals surface area contributed by atoms with Gasteiger partial charge in [-0.2, -0.15) is 5.10 Å². The number of aryl methyl sites for hydroxylation is 1. The van der Waals surface area contributed by atoms with Crippen molar-refractivity contribution in [2.75, 3.05) is 51.0 Å². The number of anilines is 1. The normalized spacial score (nSPS) is 22.5. The first-order chi connectivity index (χ1) is 20.2. The van der Waals surface area contributed by atoms with Gasteiger partial charge >= 0.3 is 0 Å². The molecule has 2 aliphatic rings. The Balaban J connectivity index is 1.40. The molecule has 2 saturated heterocycles. The van der Waals surface area contributed by atoms with Gasteiger partial charge in [0.1, 0.15) is 23.6 Å². The highest BCUT2D eigenvalue weighted by Gasteiger charge is 2.43. The van der Waals surface area contributed by atoms with Crippen LogP contribution in [0.2, 0.25) is 5.02 Å². The Morgan fingerprint density at radius 3 is 2.52 bits per heavy atom. The quantitative estimate of drug-likeness (QED) is 0.390. The number of aromatic nitrogens is 2. The van der Waals surface area contributed by atoms with Crippen molar-refractivity contribution in [2.45, 2.75) is 24.8 Å². The van der Waals surface area contributed by atoms with Gasteiger partial charge in [-0.25, -0.2) is 9.07 Å². The summed E-state index contributed by atoms with van der Waals surface area (Å²) in [6.45, 7) is 2.06. The van der Waals surface area contributed by atoms with Crippen molar-refractivity contribution in [3.8, 4) is 5.75 Å². The van der Waals surface area contributed by atoms with Gasteiger partial charge in [0.05, 0.1) is 25.6 Å². The summed E-state index contributed by atoms with van der Waals surface area (Å²) in [5, 5.41) is 5.03. The van der Waals surface area contributed by atoms with E-state index in [-0.39, 0.29) is 17.5 Å². The average Bonchev–Trinajstić information content (AvgIpc) is 3.40. The third-order valence-corrected chi connectivity index (χ3v) is 9.60. The summed E-state index contributed by atoms with van der Waals surface area (Å²) in [5.74, 6) is -0.532. The molecule has 2 fully saturated rings. The Morgan fingerprint density at radius 2 is 1.86 bits per heavy atom. The predicted octanol–water partition coefficient (Wildman–Crippen LogP) is 3.76. The molecular formula is C30H35ClFN5O4S. The van der Waals surface area contributed by atoms with Crippen molar-refractivity contribution in [3.05, 3.63) is 86.9 Å². The number of halogens is 2. The van der Waals surface area contributed by atoms with Crippen molar-refractivity contribution >= 4 is 34.7 Å². The largest absolute Gasteiger partial charge is 0.598 e. The van der Waals surface area contributed by atoms with Gasteiger partial charge in [-0.3, -0.25) is 9.59 Å². The maximum Gasteiger partial charge on any atom is 0.266 e. The standard InChI is InChI=1S/C30H35ClFN5O4S/c1-34-29(38)13-12-28(33-34)36-18-24(23-11-10-22(41-2)17-26(23)32)25(19-36)30(39)35-14-4-5-27(37(16-15-35)42(3)40)20-6-8-21(31)9-7-20/h6-13,17,24-25,27H,4-5,14-16,18-19H2,1-3H3/t24-,25+,27?,42?/m0/s1. The second-order valence-electron chi connectivity index (χ2n) is 10.8. The van der Waals surface area contributed by atoms with Gasteiger partial charge in [-0.15, -0.1) is 4.31 Å². The lowest BCUT2D eigenvalue weighted by molar-refractivity contribution is -0.135. The maximum atomic E-state index is 15.4. The van der Waals surface area contributed by atoms with E-state index in [1.807, 2.05) is 38.4 Å². The lowest BCUT2D eigenvalue weighted by atomic mass is 9.87. The minimum Gasteiger partial charge on any atom is -0.598 e. The highest BCUT2D eigenvalue weighted by Crippen LogP contribution is 2.38. The minimum atomic E-state index is -1.26. The van der Waals surface area contributed by atoms with Crippen LogP contribution >= 0.6 is 11.6 Å². The van der Waals surface area contributed by atoms with Crippen LogP contribution in [0.25, 0.3) is 0 Å². The molecule has 0 saturated carbocycles. The van der Waals surface area contributed by atoms with Gasteiger partial charge in [-0.05, 0) is 48.2 Å². The van der Waals surface area contributed by atoms with E-state index < -0.39 is 29.0 Å². The number of carbonyl (C=O) groups is 1. The van der Waals surface area contributed by atoms with Crippen molar-refractivity contribution in [1.82, 2.24) is 19.0 Å². The second kappa shape index (κ2) is 13.0. The molecule has 42 heavy (non-hydrogen) atoms. The van der Waals surface area contributed by atoms with Gasteiger partial charge in [0.25, 0.3) is 5.56 Å². The molecule has 2 aliphatic heterocycles. The number of hydrogen-bond acceptors (Lipinski definition) is 7. The SMILES string of the molecule is COc1ccc([C@@H]2CN(c3ccc(=O)n(C)n3)C[C@H]2C(=O)N2CCCC(c3ccc(Cl)cc3)N([S+](C)[O-])CC2)c(F)c1. The Hall–Kier alpha value is -3.12. The predicted molar refractivity (Wildman–Crippen MR) is 162 cm³/mol. The van der Waals surface area contributed by atoms with E-state index in [2.05, 4.69) is 5.10 Å². The van der Waals surface area contributed by atoms with Gasteiger partial charge in [0.2, 0.25) is 5.91 Å². The molecule has 5 rings (SSSR count). The number of carbonyl (C=O) groups excluding carboxylic acids is 1. The van der Waals surface area contributed by atoms with Crippen LogP contribution < -0.4 is 15.2 Å². The molecule has 4 atom stereocenters. The molecule has 1 amide bonds. The van der Waals surface area contributed by atoms with E-state index in [1.165, 1.54) is 23.9 Å². The van der Waals surface area contributed by atoms with E-state index in [1.54, 1.807) is 31.5 Å². The van der Waals surface area contributed by atoms with Crippen LogP contribution in [0.4, 0.5) is 10.2 Å². The highest BCUT2D eigenvalue weighted by molar-refractivity contribution is 7.88. The smallest absolute Gasteiger partial charge is 0.266 e. The van der Waals surface area contributed by atoms with Crippen molar-refractivity contribution in [1.29, 1.82) is 0 Å². The van der Waals surface area contributed by atoms with E-state index in [0.717, 1.165) is 12.0 Å².